The third-order valence-corrected chi connectivity index (χ3v) is 2.54. The molecule has 2 heterocycles. The van der Waals surface area contributed by atoms with Crippen LogP contribution in [0.1, 0.15) is 0 Å². The second-order valence-corrected chi connectivity index (χ2v) is 3.56. The van der Waals surface area contributed by atoms with Crippen LogP contribution in [0.4, 0.5) is 5.82 Å². The maximum atomic E-state index is 5.80. The van der Waals surface area contributed by atoms with Crippen molar-refractivity contribution >= 4 is 27.8 Å². The van der Waals surface area contributed by atoms with Gasteiger partial charge in [-0.05, 0) is 12.1 Å². The number of aryl methyl sites for hydroxylation is 1. The highest BCUT2D eigenvalue weighted by molar-refractivity contribution is 5.96. The van der Waals surface area contributed by atoms with Crippen molar-refractivity contribution in [2.45, 2.75) is 0 Å². The average Bonchev–Trinajstić information content (AvgIpc) is 2.52. The number of nitrogen functional groups attached to an aromatic ring is 1. The molecule has 15 heavy (non-hydrogen) atoms. The highest BCUT2D eigenvalue weighted by Crippen LogP contribution is 2.22. The summed E-state index contributed by atoms with van der Waals surface area (Å²) in [5.74, 6) is 0.533. The molecule has 0 aliphatic rings. The van der Waals surface area contributed by atoms with Gasteiger partial charge in [-0.3, -0.25) is 0 Å². The van der Waals surface area contributed by atoms with E-state index in [2.05, 4.69) is 10.1 Å². The Morgan fingerprint density at radius 2 is 2.07 bits per heavy atom. The van der Waals surface area contributed by atoms with Crippen LogP contribution < -0.4 is 5.73 Å². The van der Waals surface area contributed by atoms with E-state index in [0.717, 1.165) is 21.9 Å². The van der Waals surface area contributed by atoms with Gasteiger partial charge in [-0.25, -0.2) is 9.67 Å². The van der Waals surface area contributed by atoms with Gasteiger partial charge in [0.25, 0.3) is 0 Å². The Morgan fingerprint density at radius 3 is 2.93 bits per heavy atom. The first kappa shape index (κ1) is 8.23. The zero-order chi connectivity index (χ0) is 10.4. The SMILES string of the molecule is Cn1nc(N)c2cc3ccccc3nc21. The second kappa shape index (κ2) is 2.70. The summed E-state index contributed by atoms with van der Waals surface area (Å²) in [6, 6.07) is 10.00. The predicted molar refractivity (Wildman–Crippen MR) is 60.4 cm³/mol. The zero-order valence-electron chi connectivity index (χ0n) is 8.31. The number of anilines is 1. The van der Waals surface area contributed by atoms with E-state index in [-0.39, 0.29) is 0 Å². The molecule has 0 spiro atoms. The molecule has 2 N–H and O–H groups in total. The van der Waals surface area contributed by atoms with E-state index in [1.165, 1.54) is 0 Å². The Morgan fingerprint density at radius 1 is 1.27 bits per heavy atom. The lowest BCUT2D eigenvalue weighted by Crippen LogP contribution is -1.92. The first-order valence-corrected chi connectivity index (χ1v) is 4.74. The first-order valence-electron chi connectivity index (χ1n) is 4.74. The molecule has 0 saturated carbocycles. The predicted octanol–water partition coefficient (Wildman–Crippen LogP) is 1.70. The molecule has 4 nitrogen and oxygen atoms in total. The molecule has 74 valence electrons. The third-order valence-electron chi connectivity index (χ3n) is 2.54. The number of hydrogen-bond donors (Lipinski definition) is 1. The van der Waals surface area contributed by atoms with Crippen LogP contribution >= 0.6 is 0 Å². The fourth-order valence-electron chi connectivity index (χ4n) is 1.80. The minimum Gasteiger partial charge on any atom is -0.382 e. The van der Waals surface area contributed by atoms with Crippen LogP contribution in [0.2, 0.25) is 0 Å². The van der Waals surface area contributed by atoms with Crippen LogP contribution in [-0.4, -0.2) is 14.8 Å². The highest BCUT2D eigenvalue weighted by atomic mass is 15.3. The Hall–Kier alpha value is -2.10. The van der Waals surface area contributed by atoms with Crippen molar-refractivity contribution in [3.63, 3.8) is 0 Å². The monoisotopic (exact) mass is 198 g/mol. The fourth-order valence-corrected chi connectivity index (χ4v) is 1.80. The van der Waals surface area contributed by atoms with Crippen LogP contribution in [0.25, 0.3) is 21.9 Å². The molecule has 0 saturated heterocycles. The number of fused-ring (bicyclic) bond motifs is 2. The van der Waals surface area contributed by atoms with Gasteiger partial charge in [0.15, 0.2) is 11.5 Å². The van der Waals surface area contributed by atoms with Gasteiger partial charge in [0.1, 0.15) is 0 Å². The molecule has 0 unspecified atom stereocenters. The molecule has 0 bridgehead atoms. The van der Waals surface area contributed by atoms with Crippen molar-refractivity contribution in [2.75, 3.05) is 5.73 Å². The summed E-state index contributed by atoms with van der Waals surface area (Å²) in [6.45, 7) is 0. The first-order chi connectivity index (χ1) is 7.25. The third kappa shape index (κ3) is 1.08. The molecule has 4 heteroatoms. The average molecular weight is 198 g/mol. The van der Waals surface area contributed by atoms with Crippen molar-refractivity contribution in [3.8, 4) is 0 Å². The van der Waals surface area contributed by atoms with Gasteiger partial charge in [0.05, 0.1) is 10.9 Å². The van der Waals surface area contributed by atoms with E-state index in [1.807, 2.05) is 37.4 Å². The second-order valence-electron chi connectivity index (χ2n) is 3.56. The summed E-state index contributed by atoms with van der Waals surface area (Å²) in [6.07, 6.45) is 0. The molecule has 0 atom stereocenters. The molecule has 0 aliphatic heterocycles. The summed E-state index contributed by atoms with van der Waals surface area (Å²) >= 11 is 0. The number of para-hydroxylation sites is 1. The van der Waals surface area contributed by atoms with Crippen molar-refractivity contribution < 1.29 is 0 Å². The zero-order valence-corrected chi connectivity index (χ0v) is 8.31. The Balaban J connectivity index is 2.55. The van der Waals surface area contributed by atoms with Gasteiger partial charge in [-0.2, -0.15) is 5.10 Å². The summed E-state index contributed by atoms with van der Waals surface area (Å²) in [5, 5.41) is 6.15. The maximum Gasteiger partial charge on any atom is 0.160 e. The highest BCUT2D eigenvalue weighted by Gasteiger charge is 2.07. The van der Waals surface area contributed by atoms with Crippen molar-refractivity contribution in [1.29, 1.82) is 0 Å². The molecule has 3 rings (SSSR count). The van der Waals surface area contributed by atoms with Crippen LogP contribution in [-0.2, 0) is 7.05 Å². The van der Waals surface area contributed by atoms with E-state index in [0.29, 0.717) is 5.82 Å². The molecule has 0 radical (unpaired) electrons. The Bertz CT molecular complexity index is 599. The van der Waals surface area contributed by atoms with Gasteiger partial charge >= 0.3 is 0 Å². The molecule has 0 amide bonds. The lowest BCUT2D eigenvalue weighted by atomic mass is 10.2. The fraction of sp³-hybridized carbons (Fsp3) is 0.0909. The van der Waals surface area contributed by atoms with Gasteiger partial charge in [-0.1, -0.05) is 18.2 Å². The number of hydrogen-bond acceptors (Lipinski definition) is 3. The molecule has 3 aromatic rings. The minimum atomic E-state index is 0.533. The molecular formula is C11H10N4. The van der Waals surface area contributed by atoms with Crippen LogP contribution in [0.3, 0.4) is 0 Å². The van der Waals surface area contributed by atoms with E-state index in [9.17, 15) is 0 Å². The van der Waals surface area contributed by atoms with E-state index >= 15 is 0 Å². The quantitative estimate of drug-likeness (QED) is 0.598. The number of pyridine rings is 1. The van der Waals surface area contributed by atoms with E-state index in [1.54, 1.807) is 4.68 Å². The van der Waals surface area contributed by atoms with E-state index < -0.39 is 0 Å². The summed E-state index contributed by atoms with van der Waals surface area (Å²) < 4.78 is 1.71. The molecule has 0 fully saturated rings. The van der Waals surface area contributed by atoms with Crippen LogP contribution in [0.15, 0.2) is 30.3 Å². The van der Waals surface area contributed by atoms with Crippen molar-refractivity contribution in [3.05, 3.63) is 30.3 Å². The maximum absolute atomic E-state index is 5.80. The lowest BCUT2D eigenvalue weighted by Gasteiger charge is -1.97. The molecule has 2 aromatic heterocycles. The number of nitrogens with two attached hydrogens (primary N) is 1. The summed E-state index contributed by atoms with van der Waals surface area (Å²) in [7, 11) is 1.85. The van der Waals surface area contributed by atoms with Crippen LogP contribution in [0.5, 0.6) is 0 Å². The van der Waals surface area contributed by atoms with Crippen LogP contribution in [0, 0.1) is 0 Å². The number of benzene rings is 1. The van der Waals surface area contributed by atoms with Gasteiger partial charge < -0.3 is 5.73 Å². The van der Waals surface area contributed by atoms with Crippen molar-refractivity contribution in [2.24, 2.45) is 7.05 Å². The minimum absolute atomic E-state index is 0.533. The number of nitrogens with zero attached hydrogens (tertiary/aromatic N) is 3. The smallest absolute Gasteiger partial charge is 0.160 e. The van der Waals surface area contributed by atoms with Gasteiger partial charge in [0.2, 0.25) is 0 Å². The van der Waals surface area contributed by atoms with Crippen molar-refractivity contribution in [1.82, 2.24) is 14.8 Å². The standard InChI is InChI=1S/C11H10N4/c1-15-11-8(10(12)14-15)6-7-4-2-3-5-9(7)13-11/h2-6H,1H3,(H2,12,14). The number of rotatable bonds is 0. The molecular weight excluding hydrogens is 188 g/mol. The lowest BCUT2D eigenvalue weighted by molar-refractivity contribution is 0.792. The Labute approximate surface area is 86.3 Å². The topological polar surface area (TPSA) is 56.7 Å². The Kier molecular flexibility index (Phi) is 1.48. The van der Waals surface area contributed by atoms with Gasteiger partial charge in [0, 0.05) is 12.4 Å². The molecule has 1 aromatic carbocycles. The largest absolute Gasteiger partial charge is 0.382 e. The summed E-state index contributed by atoms with van der Waals surface area (Å²) in [4.78, 5) is 4.52. The van der Waals surface area contributed by atoms with Gasteiger partial charge in [-0.15, -0.1) is 0 Å². The molecule has 0 aliphatic carbocycles. The summed E-state index contributed by atoms with van der Waals surface area (Å²) in [5.41, 5.74) is 7.59. The number of aromatic nitrogens is 3. The van der Waals surface area contributed by atoms with E-state index in [4.69, 9.17) is 5.73 Å². The normalized spacial score (nSPS) is 11.3.